The van der Waals surface area contributed by atoms with Gasteiger partial charge < -0.3 is 15.8 Å². The molecule has 0 aliphatic heterocycles. The highest BCUT2D eigenvalue weighted by atomic mass is 35.5. The van der Waals surface area contributed by atoms with Gasteiger partial charge in [-0.05, 0) is 60.7 Å². The first-order valence-electron chi connectivity index (χ1n) is 8.81. The molecule has 3 aromatic carbocycles. The van der Waals surface area contributed by atoms with Gasteiger partial charge in [-0.15, -0.1) is 0 Å². The molecule has 0 amide bonds. The molecule has 0 fully saturated rings. The SMILES string of the molecule is Nc1c(Nc2ccc(Oc3ccccc3)cc2)ncnc1Sc1ccc(Cl)cc1. The number of anilines is 3. The Morgan fingerprint density at radius 1 is 0.828 bits per heavy atom. The molecule has 4 aromatic rings. The van der Waals surface area contributed by atoms with Gasteiger partial charge in [0.2, 0.25) is 0 Å². The lowest BCUT2D eigenvalue weighted by Crippen LogP contribution is -2.02. The summed E-state index contributed by atoms with van der Waals surface area (Å²) in [7, 11) is 0. The zero-order valence-electron chi connectivity index (χ0n) is 15.2. The number of halogens is 1. The molecule has 5 nitrogen and oxygen atoms in total. The van der Waals surface area contributed by atoms with Gasteiger partial charge in [-0.1, -0.05) is 41.6 Å². The van der Waals surface area contributed by atoms with Crippen molar-refractivity contribution in [1.29, 1.82) is 0 Å². The second kappa shape index (κ2) is 8.86. The summed E-state index contributed by atoms with van der Waals surface area (Å²) < 4.78 is 5.81. The van der Waals surface area contributed by atoms with E-state index in [4.69, 9.17) is 22.1 Å². The number of benzene rings is 3. The molecule has 144 valence electrons. The average molecular weight is 421 g/mol. The molecule has 0 aliphatic rings. The zero-order chi connectivity index (χ0) is 20.1. The molecule has 0 bridgehead atoms. The van der Waals surface area contributed by atoms with Crippen molar-refractivity contribution in [2.45, 2.75) is 9.92 Å². The van der Waals surface area contributed by atoms with Crippen LogP contribution in [0.25, 0.3) is 0 Å². The van der Waals surface area contributed by atoms with Crippen molar-refractivity contribution < 1.29 is 4.74 Å². The third-order valence-corrected chi connectivity index (χ3v) is 5.25. The molecule has 1 heterocycles. The Hall–Kier alpha value is -3.22. The Balaban J connectivity index is 1.47. The van der Waals surface area contributed by atoms with Crippen molar-refractivity contribution in [2.75, 3.05) is 11.1 Å². The average Bonchev–Trinajstić information content (AvgIpc) is 2.75. The Labute approximate surface area is 177 Å². The highest BCUT2D eigenvalue weighted by Crippen LogP contribution is 2.34. The van der Waals surface area contributed by atoms with Gasteiger partial charge in [0, 0.05) is 15.6 Å². The smallest absolute Gasteiger partial charge is 0.158 e. The summed E-state index contributed by atoms with van der Waals surface area (Å²) in [6.45, 7) is 0. The molecule has 0 spiro atoms. The second-order valence-electron chi connectivity index (χ2n) is 6.06. The van der Waals surface area contributed by atoms with E-state index in [1.54, 1.807) is 0 Å². The second-order valence-corrected chi connectivity index (χ2v) is 7.56. The number of aromatic nitrogens is 2. The van der Waals surface area contributed by atoms with Crippen LogP contribution in [-0.4, -0.2) is 9.97 Å². The molecular weight excluding hydrogens is 404 g/mol. The van der Waals surface area contributed by atoms with Crippen molar-refractivity contribution in [3.63, 3.8) is 0 Å². The highest BCUT2D eigenvalue weighted by Gasteiger charge is 2.10. The monoisotopic (exact) mass is 420 g/mol. The summed E-state index contributed by atoms with van der Waals surface area (Å²) in [5.41, 5.74) is 7.61. The van der Waals surface area contributed by atoms with E-state index in [0.717, 1.165) is 22.1 Å². The van der Waals surface area contributed by atoms with Crippen molar-refractivity contribution in [3.05, 3.63) is 90.2 Å². The number of rotatable bonds is 6. The van der Waals surface area contributed by atoms with Crippen LogP contribution in [-0.2, 0) is 0 Å². The molecule has 0 saturated heterocycles. The van der Waals surface area contributed by atoms with Gasteiger partial charge in [-0.25, -0.2) is 9.97 Å². The third kappa shape index (κ3) is 4.99. The molecule has 0 aliphatic carbocycles. The predicted octanol–water partition coefficient (Wildman–Crippen LogP) is 6.40. The lowest BCUT2D eigenvalue weighted by atomic mass is 10.3. The van der Waals surface area contributed by atoms with Gasteiger partial charge in [-0.2, -0.15) is 0 Å². The number of nitrogens with zero attached hydrogens (tertiary/aromatic N) is 2. The maximum atomic E-state index is 6.28. The van der Waals surface area contributed by atoms with Crippen LogP contribution in [0.15, 0.2) is 95.1 Å². The van der Waals surface area contributed by atoms with Crippen LogP contribution in [0.2, 0.25) is 5.02 Å². The van der Waals surface area contributed by atoms with E-state index in [9.17, 15) is 0 Å². The third-order valence-electron chi connectivity index (χ3n) is 3.97. The van der Waals surface area contributed by atoms with Gasteiger partial charge in [0.25, 0.3) is 0 Å². The number of nitrogens with one attached hydrogen (secondary N) is 1. The molecule has 0 unspecified atom stereocenters. The summed E-state index contributed by atoms with van der Waals surface area (Å²) in [5, 5.41) is 4.59. The first-order chi connectivity index (χ1) is 14.2. The molecule has 3 N–H and O–H groups in total. The Kier molecular flexibility index (Phi) is 5.84. The number of hydrogen-bond acceptors (Lipinski definition) is 6. The van der Waals surface area contributed by atoms with E-state index in [-0.39, 0.29) is 0 Å². The lowest BCUT2D eigenvalue weighted by Gasteiger charge is -2.12. The van der Waals surface area contributed by atoms with Crippen molar-refractivity contribution in [2.24, 2.45) is 0 Å². The van der Waals surface area contributed by atoms with E-state index in [0.29, 0.717) is 21.6 Å². The fourth-order valence-corrected chi connectivity index (χ4v) is 3.47. The van der Waals surface area contributed by atoms with Crippen molar-refractivity contribution in [1.82, 2.24) is 9.97 Å². The maximum Gasteiger partial charge on any atom is 0.158 e. The Morgan fingerprint density at radius 3 is 2.24 bits per heavy atom. The van der Waals surface area contributed by atoms with Crippen molar-refractivity contribution in [3.8, 4) is 11.5 Å². The number of para-hydroxylation sites is 1. The molecule has 4 rings (SSSR count). The predicted molar refractivity (Wildman–Crippen MR) is 118 cm³/mol. The summed E-state index contributed by atoms with van der Waals surface area (Å²) >= 11 is 7.40. The van der Waals surface area contributed by atoms with Gasteiger partial charge in [0.15, 0.2) is 5.82 Å². The molecule has 1 aromatic heterocycles. The van der Waals surface area contributed by atoms with E-state index >= 15 is 0 Å². The minimum absolute atomic E-state index is 0.483. The Bertz CT molecular complexity index is 1090. The van der Waals surface area contributed by atoms with Crippen LogP contribution in [0.3, 0.4) is 0 Å². The van der Waals surface area contributed by atoms with Crippen LogP contribution in [0, 0.1) is 0 Å². The van der Waals surface area contributed by atoms with Crippen LogP contribution >= 0.6 is 23.4 Å². The van der Waals surface area contributed by atoms with Crippen LogP contribution in [0.5, 0.6) is 11.5 Å². The largest absolute Gasteiger partial charge is 0.457 e. The highest BCUT2D eigenvalue weighted by molar-refractivity contribution is 7.99. The van der Waals surface area contributed by atoms with E-state index in [1.165, 1.54) is 18.1 Å². The number of ether oxygens (including phenoxy) is 1. The molecule has 0 saturated carbocycles. The van der Waals surface area contributed by atoms with E-state index < -0.39 is 0 Å². The summed E-state index contributed by atoms with van der Waals surface area (Å²) in [6, 6.07) is 24.7. The number of nitrogen functional groups attached to an aromatic ring is 1. The van der Waals surface area contributed by atoms with Gasteiger partial charge >= 0.3 is 0 Å². The van der Waals surface area contributed by atoms with Crippen molar-refractivity contribution >= 4 is 40.6 Å². The summed E-state index contributed by atoms with van der Waals surface area (Å²) in [5.74, 6) is 2.08. The minimum Gasteiger partial charge on any atom is -0.457 e. The van der Waals surface area contributed by atoms with Gasteiger partial charge in [-0.3, -0.25) is 0 Å². The number of nitrogens with two attached hydrogens (primary N) is 1. The first-order valence-corrected chi connectivity index (χ1v) is 10.0. The van der Waals surface area contributed by atoms with Crippen LogP contribution in [0.1, 0.15) is 0 Å². The minimum atomic E-state index is 0.483. The zero-order valence-corrected chi connectivity index (χ0v) is 16.8. The maximum absolute atomic E-state index is 6.28. The first kappa shape index (κ1) is 19.1. The van der Waals surface area contributed by atoms with Gasteiger partial charge in [0.1, 0.15) is 28.5 Å². The topological polar surface area (TPSA) is 73.1 Å². The van der Waals surface area contributed by atoms with Crippen LogP contribution in [0.4, 0.5) is 17.2 Å². The fraction of sp³-hybridized carbons (Fsp3) is 0. The molecule has 7 heteroatoms. The molecular formula is C22H17ClN4OS. The van der Waals surface area contributed by atoms with E-state index in [2.05, 4.69) is 15.3 Å². The fourth-order valence-electron chi connectivity index (χ4n) is 2.54. The molecule has 29 heavy (non-hydrogen) atoms. The Morgan fingerprint density at radius 2 is 1.52 bits per heavy atom. The standard InChI is InChI=1S/C22H17ClN4OS/c23-15-6-12-19(13-7-15)29-22-20(24)21(25-14-26-22)27-16-8-10-18(11-9-16)28-17-4-2-1-3-5-17/h1-14H,24H2,(H,25,26,27). The summed E-state index contributed by atoms with van der Waals surface area (Å²) in [4.78, 5) is 9.55. The molecule has 0 radical (unpaired) electrons. The number of hydrogen-bond donors (Lipinski definition) is 2. The quantitative estimate of drug-likeness (QED) is 0.351. The van der Waals surface area contributed by atoms with Crippen LogP contribution < -0.4 is 15.8 Å². The molecule has 0 atom stereocenters. The normalized spacial score (nSPS) is 10.5. The van der Waals surface area contributed by atoms with E-state index in [1.807, 2.05) is 78.9 Å². The van der Waals surface area contributed by atoms with Gasteiger partial charge in [0.05, 0.1) is 0 Å². The lowest BCUT2D eigenvalue weighted by molar-refractivity contribution is 0.483. The summed E-state index contributed by atoms with van der Waals surface area (Å²) in [6.07, 6.45) is 1.49.